The predicted octanol–water partition coefficient (Wildman–Crippen LogP) is 10.1. The molecule has 392 valence electrons. The lowest BCUT2D eigenvalue weighted by atomic mass is 9.99. The summed E-state index contributed by atoms with van der Waals surface area (Å²) < 4.78 is 34.4. The molecule has 0 bridgehead atoms. The number of hydrogen-bond donors (Lipinski definition) is 2. The number of hydrogen-bond acceptors (Lipinski definition) is 10. The average molecular weight is 1030 g/mol. The van der Waals surface area contributed by atoms with Gasteiger partial charge in [0.25, 0.3) is 11.8 Å². The maximum atomic E-state index is 13.9. The summed E-state index contributed by atoms with van der Waals surface area (Å²) in [4.78, 5) is 58.4. The fourth-order valence-electron chi connectivity index (χ4n) is 9.56. The van der Waals surface area contributed by atoms with Crippen molar-refractivity contribution >= 4 is 23.6 Å². The number of ether oxygens (including phenoxy) is 6. The maximum absolute atomic E-state index is 13.9. The van der Waals surface area contributed by atoms with Crippen LogP contribution in [0.3, 0.4) is 0 Å². The van der Waals surface area contributed by atoms with E-state index in [4.69, 9.17) is 28.4 Å². The van der Waals surface area contributed by atoms with Crippen molar-refractivity contribution in [3.8, 4) is 34.5 Å². The zero-order valence-electron chi connectivity index (χ0n) is 43.3. The van der Waals surface area contributed by atoms with Gasteiger partial charge in [-0.05, 0) is 97.5 Å². The lowest BCUT2D eigenvalue weighted by Crippen LogP contribution is -2.49. The normalized spacial score (nSPS) is 22.6. The highest BCUT2D eigenvalue weighted by molar-refractivity contribution is 6.00. The van der Waals surface area contributed by atoms with Gasteiger partial charge in [-0.25, -0.2) is 0 Å². The van der Waals surface area contributed by atoms with E-state index in [1.165, 1.54) is 9.80 Å². The molecule has 6 atom stereocenters. The van der Waals surface area contributed by atoms with Crippen LogP contribution in [0.5, 0.6) is 34.5 Å². The zero-order chi connectivity index (χ0) is 53.0. The second-order valence-electron chi connectivity index (χ2n) is 19.3. The first-order valence-corrected chi connectivity index (χ1v) is 25.8. The van der Waals surface area contributed by atoms with Crippen molar-refractivity contribution < 1.29 is 47.6 Å². The molecule has 0 saturated heterocycles. The van der Waals surface area contributed by atoms with E-state index in [1.807, 2.05) is 135 Å². The van der Waals surface area contributed by atoms with E-state index in [0.717, 1.165) is 22.3 Å². The first kappa shape index (κ1) is 52.3. The van der Waals surface area contributed by atoms with Gasteiger partial charge in [0.15, 0.2) is 23.0 Å². The molecule has 4 heterocycles. The van der Waals surface area contributed by atoms with Gasteiger partial charge < -0.3 is 48.9 Å². The van der Waals surface area contributed by atoms with E-state index in [9.17, 15) is 19.2 Å². The first-order chi connectivity index (χ1) is 37.0. The zero-order valence-corrected chi connectivity index (χ0v) is 43.3. The van der Waals surface area contributed by atoms with Crippen molar-refractivity contribution in [3.63, 3.8) is 0 Å². The molecule has 14 nitrogen and oxygen atoms in total. The molecule has 0 fully saturated rings. The minimum Gasteiger partial charge on any atom is -0.490 e. The highest BCUT2D eigenvalue weighted by Gasteiger charge is 2.34. The molecular weight excluding hydrogens is 961 g/mol. The van der Waals surface area contributed by atoms with E-state index in [-0.39, 0.29) is 61.5 Å². The summed E-state index contributed by atoms with van der Waals surface area (Å²) in [5.41, 5.74) is 4.60. The van der Waals surface area contributed by atoms with E-state index < -0.39 is 12.1 Å². The van der Waals surface area contributed by atoms with Gasteiger partial charge in [0.05, 0.1) is 35.4 Å². The molecule has 6 aromatic carbocycles. The molecule has 0 unspecified atom stereocenters. The summed E-state index contributed by atoms with van der Waals surface area (Å²) in [5, 5.41) is 6.45. The fourth-order valence-corrected chi connectivity index (χ4v) is 9.56. The van der Waals surface area contributed by atoms with Crippen LogP contribution in [0.4, 0.5) is 0 Å². The van der Waals surface area contributed by atoms with Crippen molar-refractivity contribution in [2.24, 2.45) is 0 Å². The van der Waals surface area contributed by atoms with Crippen LogP contribution in [0.1, 0.15) is 94.6 Å². The van der Waals surface area contributed by atoms with Gasteiger partial charge in [0, 0.05) is 39.8 Å². The minimum atomic E-state index is -0.737. The molecule has 76 heavy (non-hydrogen) atoms. The molecule has 14 heteroatoms. The van der Waals surface area contributed by atoms with Crippen LogP contribution < -0.4 is 39.1 Å². The number of fused-ring (bicyclic) bond motifs is 4. The first-order valence-electron chi connectivity index (χ1n) is 25.8. The molecule has 0 saturated carbocycles. The van der Waals surface area contributed by atoms with Crippen LogP contribution in [0.2, 0.25) is 0 Å². The number of nitrogens with one attached hydrogen (secondary N) is 2. The van der Waals surface area contributed by atoms with Crippen LogP contribution in [0, 0.1) is 0 Å². The quantitative estimate of drug-likeness (QED) is 0.154. The monoisotopic (exact) mass is 1020 g/mol. The van der Waals surface area contributed by atoms with Crippen LogP contribution in [-0.4, -0.2) is 85.4 Å². The van der Waals surface area contributed by atoms with Gasteiger partial charge in [0.1, 0.15) is 23.6 Å². The molecule has 4 aliphatic rings. The second kappa shape index (κ2) is 24.7. The minimum absolute atomic E-state index is 0.132. The van der Waals surface area contributed by atoms with Crippen molar-refractivity contribution in [3.05, 3.63) is 203 Å². The fraction of sp³-hybridized carbons (Fsp3) is 0.290. The van der Waals surface area contributed by atoms with E-state index in [1.54, 1.807) is 38.4 Å². The van der Waals surface area contributed by atoms with Gasteiger partial charge >= 0.3 is 0 Å². The summed E-state index contributed by atoms with van der Waals surface area (Å²) >= 11 is 0. The highest BCUT2D eigenvalue weighted by atomic mass is 16.7. The Morgan fingerprint density at radius 1 is 0.434 bits per heavy atom. The molecule has 2 N–H and O–H groups in total. The van der Waals surface area contributed by atoms with Crippen molar-refractivity contribution in [1.29, 1.82) is 0 Å². The Morgan fingerprint density at radius 3 is 1.22 bits per heavy atom. The average Bonchev–Trinajstić information content (AvgIpc) is 4.13. The van der Waals surface area contributed by atoms with Gasteiger partial charge in [-0.2, -0.15) is 0 Å². The topological polar surface area (TPSA) is 154 Å². The molecular formula is C62H64N4O10. The van der Waals surface area contributed by atoms with Gasteiger partial charge in [-0.15, -0.1) is 0 Å². The second-order valence-corrected chi connectivity index (χ2v) is 19.3. The number of carbonyl (C=O) groups is 4. The summed E-state index contributed by atoms with van der Waals surface area (Å²) in [6, 6.07) is 43.2. The molecule has 0 aromatic heterocycles. The van der Waals surface area contributed by atoms with Gasteiger partial charge in [-0.3, -0.25) is 19.2 Å². The Hall–Kier alpha value is -8.52. The smallest absolute Gasteiger partial charge is 0.258 e. The Kier molecular flexibility index (Phi) is 17.0. The number of nitrogens with zero attached hydrogens (tertiary/aromatic N) is 2. The lowest BCUT2D eigenvalue weighted by Gasteiger charge is -2.30. The standard InChI is InChI=1S/2C31H32N2O5/c2*1-21-10-6-8-14-25(23-16-17-28-29(19-23)37-20-36-28)32-30(34)26(18-22-11-4-3-5-12-22)33(2)31(35)24-13-7-9-15-27(24)38-21/h2*3-9,11-13,15-17,19,21,25-26H,10,14,18,20H2,1-2H3,(H,32,34)/b8-6+;8-6-/t2*21-,25-,26-/m00/s1. The molecule has 0 spiro atoms. The number of carbonyl (C=O) groups excluding carboxylic acids is 4. The largest absolute Gasteiger partial charge is 0.490 e. The van der Waals surface area contributed by atoms with Gasteiger partial charge in [0.2, 0.25) is 25.4 Å². The SMILES string of the molecule is C[C@H]1C/C=C/C[C@@H](c2ccc3c(c2)OCO3)NC(=O)[C@H](Cc2ccccc2)N(C)C(=O)c2ccccc2O1.C[C@H]1C/C=C\C[C@@H](c2ccc3c(c2)OCO3)NC(=O)[C@H](Cc2ccccc2)N(C)C(=O)c2ccccc2O1. The van der Waals surface area contributed by atoms with E-state index in [0.29, 0.717) is 84.1 Å². The number of likely N-dealkylation sites (N-methyl/N-ethyl adjacent to an activating group) is 2. The van der Waals surface area contributed by atoms with Crippen molar-refractivity contribution in [2.75, 3.05) is 27.7 Å². The third-order valence-electron chi connectivity index (χ3n) is 13.9. The third kappa shape index (κ3) is 12.9. The predicted molar refractivity (Wildman–Crippen MR) is 289 cm³/mol. The Morgan fingerprint density at radius 2 is 0.803 bits per heavy atom. The summed E-state index contributed by atoms with van der Waals surface area (Å²) in [6.45, 7) is 4.33. The molecule has 6 aromatic rings. The Balaban J connectivity index is 0.000000186. The van der Waals surface area contributed by atoms with Crippen LogP contribution in [0.15, 0.2) is 170 Å². The molecule has 4 amide bonds. The number of rotatable bonds is 6. The summed E-state index contributed by atoms with van der Waals surface area (Å²) in [7, 11) is 3.36. The molecule has 0 radical (unpaired) electrons. The number of para-hydroxylation sites is 2. The van der Waals surface area contributed by atoms with Crippen LogP contribution >= 0.6 is 0 Å². The van der Waals surface area contributed by atoms with Crippen molar-refractivity contribution in [2.45, 2.75) is 88.7 Å². The van der Waals surface area contributed by atoms with Crippen molar-refractivity contribution in [1.82, 2.24) is 20.4 Å². The number of benzene rings is 6. The maximum Gasteiger partial charge on any atom is 0.258 e. The number of amides is 4. The van der Waals surface area contributed by atoms with Crippen LogP contribution in [0.25, 0.3) is 0 Å². The summed E-state index contributed by atoms with van der Waals surface area (Å²) in [6.07, 6.45) is 11.2. The summed E-state index contributed by atoms with van der Waals surface area (Å²) in [5.74, 6) is 2.72. The highest BCUT2D eigenvalue weighted by Crippen LogP contribution is 2.37. The molecule has 0 aliphatic carbocycles. The molecule has 4 aliphatic heterocycles. The van der Waals surface area contributed by atoms with Crippen LogP contribution in [-0.2, 0) is 22.4 Å². The molecule has 10 rings (SSSR count). The lowest BCUT2D eigenvalue weighted by molar-refractivity contribution is -0.126. The van der Waals surface area contributed by atoms with Gasteiger partial charge in [-0.1, -0.05) is 121 Å². The Labute approximate surface area is 444 Å². The van der Waals surface area contributed by atoms with E-state index in [2.05, 4.69) is 34.9 Å². The van der Waals surface area contributed by atoms with E-state index >= 15 is 0 Å². The third-order valence-corrected chi connectivity index (χ3v) is 13.9. The Bertz CT molecular complexity index is 2850.